The Morgan fingerprint density at radius 2 is 2.00 bits per heavy atom. The summed E-state index contributed by atoms with van der Waals surface area (Å²) in [4.78, 5) is 10.3. The second-order valence-corrected chi connectivity index (χ2v) is 4.26. The lowest BCUT2D eigenvalue weighted by atomic mass is 9.97. The number of ether oxygens (including phenoxy) is 1. The number of aldehydes is 1. The Morgan fingerprint density at radius 1 is 1.28 bits per heavy atom. The molecule has 0 aliphatic rings. The topological polar surface area (TPSA) is 26.3 Å². The van der Waals surface area contributed by atoms with Gasteiger partial charge in [-0.2, -0.15) is 0 Å². The van der Waals surface area contributed by atoms with Gasteiger partial charge in [-0.25, -0.2) is 0 Å². The Hall–Kier alpha value is -1.83. The standard InChI is InChI=1S/C16H20O2/c1-5-10-18-16-11-12(2)15(8-6-7-9-17)13(3)14(16)4/h5-6,8-9,11H,1,7,10H2,2-4H3. The third-order valence-electron chi connectivity index (χ3n) is 2.98. The number of hydrogen-bond acceptors (Lipinski definition) is 2. The summed E-state index contributed by atoms with van der Waals surface area (Å²) in [6, 6.07) is 2.03. The van der Waals surface area contributed by atoms with Crippen LogP contribution in [0.3, 0.4) is 0 Å². The van der Waals surface area contributed by atoms with Gasteiger partial charge in [0.2, 0.25) is 0 Å². The van der Waals surface area contributed by atoms with Gasteiger partial charge in [0, 0.05) is 6.42 Å². The van der Waals surface area contributed by atoms with Crippen molar-refractivity contribution in [3.8, 4) is 5.75 Å². The van der Waals surface area contributed by atoms with Crippen molar-refractivity contribution >= 4 is 12.4 Å². The Bertz CT molecular complexity index is 470. The first-order valence-electron chi connectivity index (χ1n) is 6.06. The summed E-state index contributed by atoms with van der Waals surface area (Å²) in [5.74, 6) is 0.900. The van der Waals surface area contributed by atoms with E-state index in [-0.39, 0.29) is 0 Å². The lowest BCUT2D eigenvalue weighted by Crippen LogP contribution is -1.99. The van der Waals surface area contributed by atoms with Crippen molar-refractivity contribution in [2.45, 2.75) is 27.2 Å². The summed E-state index contributed by atoms with van der Waals surface area (Å²) in [7, 11) is 0. The zero-order chi connectivity index (χ0) is 13.5. The van der Waals surface area contributed by atoms with Crippen molar-refractivity contribution in [2.24, 2.45) is 0 Å². The summed E-state index contributed by atoms with van der Waals surface area (Å²) in [5, 5.41) is 0. The summed E-state index contributed by atoms with van der Waals surface area (Å²) in [5.41, 5.74) is 4.64. The van der Waals surface area contributed by atoms with E-state index < -0.39 is 0 Å². The Labute approximate surface area is 109 Å². The highest BCUT2D eigenvalue weighted by atomic mass is 16.5. The number of carbonyl (C=O) groups is 1. The van der Waals surface area contributed by atoms with Gasteiger partial charge in [-0.3, -0.25) is 0 Å². The van der Waals surface area contributed by atoms with Crippen LogP contribution in [0, 0.1) is 20.8 Å². The molecular formula is C16H20O2. The average Bonchev–Trinajstić information content (AvgIpc) is 2.36. The van der Waals surface area contributed by atoms with Gasteiger partial charge in [0.25, 0.3) is 0 Å². The summed E-state index contributed by atoms with van der Waals surface area (Å²) in [6.07, 6.45) is 6.97. The van der Waals surface area contributed by atoms with Gasteiger partial charge < -0.3 is 9.53 Å². The van der Waals surface area contributed by atoms with Gasteiger partial charge in [0.1, 0.15) is 18.6 Å². The van der Waals surface area contributed by atoms with Crippen LogP contribution in [0.2, 0.25) is 0 Å². The van der Waals surface area contributed by atoms with Crippen LogP contribution >= 0.6 is 0 Å². The van der Waals surface area contributed by atoms with Crippen molar-refractivity contribution in [2.75, 3.05) is 6.61 Å². The molecule has 0 aliphatic carbocycles. The van der Waals surface area contributed by atoms with E-state index in [1.54, 1.807) is 6.08 Å². The van der Waals surface area contributed by atoms with Crippen molar-refractivity contribution < 1.29 is 9.53 Å². The lowest BCUT2D eigenvalue weighted by Gasteiger charge is -2.14. The second-order valence-electron chi connectivity index (χ2n) is 4.26. The maximum absolute atomic E-state index is 10.3. The molecule has 0 fully saturated rings. The molecule has 0 unspecified atom stereocenters. The predicted octanol–water partition coefficient (Wildman–Crippen LogP) is 3.78. The van der Waals surface area contributed by atoms with Crippen molar-refractivity contribution in [3.05, 3.63) is 47.1 Å². The number of hydrogen-bond donors (Lipinski definition) is 0. The minimum atomic E-state index is 0.451. The van der Waals surface area contributed by atoms with Gasteiger partial charge in [-0.1, -0.05) is 24.8 Å². The Morgan fingerprint density at radius 3 is 2.61 bits per heavy atom. The normalized spacial score (nSPS) is 10.6. The maximum atomic E-state index is 10.3. The molecule has 1 rings (SSSR count). The van der Waals surface area contributed by atoms with Gasteiger partial charge in [-0.15, -0.1) is 0 Å². The highest BCUT2D eigenvalue weighted by Gasteiger charge is 2.08. The summed E-state index contributed by atoms with van der Waals surface area (Å²) < 4.78 is 5.63. The zero-order valence-corrected chi connectivity index (χ0v) is 11.3. The van der Waals surface area contributed by atoms with E-state index >= 15 is 0 Å². The van der Waals surface area contributed by atoms with Crippen molar-refractivity contribution in [1.29, 1.82) is 0 Å². The fourth-order valence-electron chi connectivity index (χ4n) is 1.86. The van der Waals surface area contributed by atoms with E-state index in [0.717, 1.165) is 23.2 Å². The van der Waals surface area contributed by atoms with Gasteiger partial charge in [-0.05, 0) is 49.1 Å². The van der Waals surface area contributed by atoms with Crippen LogP contribution < -0.4 is 4.74 Å². The molecule has 2 heteroatoms. The molecule has 0 bridgehead atoms. The highest BCUT2D eigenvalue weighted by Crippen LogP contribution is 2.28. The molecular weight excluding hydrogens is 224 g/mol. The SMILES string of the molecule is C=CCOc1cc(C)c(C=CCC=O)c(C)c1C. The number of aryl methyl sites for hydroxylation is 1. The van der Waals surface area contributed by atoms with Gasteiger partial charge >= 0.3 is 0 Å². The quantitative estimate of drug-likeness (QED) is 0.562. The lowest BCUT2D eigenvalue weighted by molar-refractivity contribution is -0.107. The molecule has 18 heavy (non-hydrogen) atoms. The minimum Gasteiger partial charge on any atom is -0.489 e. The molecule has 0 saturated heterocycles. The molecule has 0 aliphatic heterocycles. The first-order valence-corrected chi connectivity index (χ1v) is 6.06. The summed E-state index contributed by atoms with van der Waals surface area (Å²) >= 11 is 0. The van der Waals surface area contributed by atoms with Crippen LogP contribution in [0.25, 0.3) is 6.08 Å². The Balaban J connectivity index is 3.11. The van der Waals surface area contributed by atoms with E-state index in [2.05, 4.69) is 13.5 Å². The number of benzene rings is 1. The molecule has 96 valence electrons. The van der Waals surface area contributed by atoms with E-state index in [4.69, 9.17) is 4.74 Å². The van der Waals surface area contributed by atoms with Crippen LogP contribution in [-0.2, 0) is 4.79 Å². The molecule has 0 atom stereocenters. The van der Waals surface area contributed by atoms with Crippen LogP contribution in [0.5, 0.6) is 5.75 Å². The van der Waals surface area contributed by atoms with Crippen molar-refractivity contribution in [3.63, 3.8) is 0 Å². The van der Waals surface area contributed by atoms with Crippen LogP contribution in [0.4, 0.5) is 0 Å². The number of rotatable bonds is 6. The molecule has 0 radical (unpaired) electrons. The smallest absolute Gasteiger partial charge is 0.123 e. The second kappa shape index (κ2) is 6.80. The molecule has 2 nitrogen and oxygen atoms in total. The van der Waals surface area contributed by atoms with Gasteiger partial charge in [0.05, 0.1) is 0 Å². The van der Waals surface area contributed by atoms with Crippen LogP contribution in [0.1, 0.15) is 28.7 Å². The van der Waals surface area contributed by atoms with E-state index in [9.17, 15) is 4.79 Å². The molecule has 0 N–H and O–H groups in total. The fraction of sp³-hybridized carbons (Fsp3) is 0.312. The molecule has 0 aromatic heterocycles. The molecule has 0 heterocycles. The first kappa shape index (κ1) is 14.2. The maximum Gasteiger partial charge on any atom is 0.123 e. The van der Waals surface area contributed by atoms with Crippen molar-refractivity contribution in [1.82, 2.24) is 0 Å². The number of allylic oxidation sites excluding steroid dienone is 1. The minimum absolute atomic E-state index is 0.451. The predicted molar refractivity (Wildman–Crippen MR) is 76.1 cm³/mol. The average molecular weight is 244 g/mol. The Kier molecular flexibility index (Phi) is 5.37. The first-order chi connectivity index (χ1) is 8.61. The van der Waals surface area contributed by atoms with Crippen LogP contribution in [0.15, 0.2) is 24.8 Å². The monoisotopic (exact) mass is 244 g/mol. The number of carbonyl (C=O) groups excluding carboxylic acids is 1. The third-order valence-corrected chi connectivity index (χ3v) is 2.98. The molecule has 0 spiro atoms. The molecule has 1 aromatic rings. The van der Waals surface area contributed by atoms with E-state index in [1.807, 2.05) is 32.1 Å². The molecule has 1 aromatic carbocycles. The van der Waals surface area contributed by atoms with E-state index in [1.165, 1.54) is 11.1 Å². The largest absolute Gasteiger partial charge is 0.489 e. The molecule has 0 amide bonds. The third kappa shape index (κ3) is 3.33. The molecule has 0 saturated carbocycles. The van der Waals surface area contributed by atoms with Gasteiger partial charge in [0.15, 0.2) is 0 Å². The highest BCUT2D eigenvalue weighted by molar-refractivity contribution is 5.64. The zero-order valence-electron chi connectivity index (χ0n) is 11.3. The van der Waals surface area contributed by atoms with E-state index in [0.29, 0.717) is 13.0 Å². The van der Waals surface area contributed by atoms with Crippen LogP contribution in [-0.4, -0.2) is 12.9 Å². The fourth-order valence-corrected chi connectivity index (χ4v) is 1.86. The summed E-state index contributed by atoms with van der Waals surface area (Å²) in [6.45, 7) is 10.3.